The van der Waals surface area contributed by atoms with Gasteiger partial charge < -0.3 is 15.4 Å². The number of halogens is 1. The van der Waals surface area contributed by atoms with Gasteiger partial charge in [0.05, 0.1) is 17.3 Å². The average molecular weight is 313 g/mol. The molecule has 0 fully saturated rings. The van der Waals surface area contributed by atoms with E-state index in [1.54, 1.807) is 7.11 Å². The van der Waals surface area contributed by atoms with E-state index in [-0.39, 0.29) is 6.04 Å². The first-order valence-electron chi connectivity index (χ1n) is 7.83. The van der Waals surface area contributed by atoms with Gasteiger partial charge in [-0.3, -0.25) is 0 Å². The van der Waals surface area contributed by atoms with Crippen LogP contribution in [0.15, 0.2) is 18.2 Å². The minimum atomic E-state index is 0.170. The highest BCUT2D eigenvalue weighted by molar-refractivity contribution is 6.33. The molecule has 0 saturated heterocycles. The lowest BCUT2D eigenvalue weighted by atomic mass is 10.0. The van der Waals surface area contributed by atoms with Gasteiger partial charge in [0.25, 0.3) is 0 Å². The third kappa shape index (κ3) is 5.17. The van der Waals surface area contributed by atoms with Crippen LogP contribution in [0.2, 0.25) is 5.02 Å². The molecule has 0 saturated carbocycles. The van der Waals surface area contributed by atoms with E-state index in [9.17, 15) is 0 Å². The molecule has 2 unspecified atom stereocenters. The summed E-state index contributed by atoms with van der Waals surface area (Å²) in [6.07, 6.45) is 2.88. The number of methoxy groups -OCH3 is 1. The van der Waals surface area contributed by atoms with Crippen molar-refractivity contribution in [2.75, 3.05) is 25.2 Å². The summed E-state index contributed by atoms with van der Waals surface area (Å²) in [6, 6.07) is 6.69. The second-order valence-electron chi connectivity index (χ2n) is 5.56. The SMILES string of the molecule is CCC(N)Cc1cccc(Cl)c1N(CCOC)C(C)CC. The fraction of sp³-hybridized carbons (Fsp3) is 0.647. The van der Waals surface area contributed by atoms with Crippen molar-refractivity contribution in [3.05, 3.63) is 28.8 Å². The molecule has 0 aromatic heterocycles. The lowest BCUT2D eigenvalue weighted by molar-refractivity contribution is 0.203. The zero-order chi connectivity index (χ0) is 15.8. The predicted octanol–water partition coefficient (Wildman–Crippen LogP) is 3.87. The molecular weight excluding hydrogens is 284 g/mol. The first kappa shape index (κ1) is 18.3. The maximum absolute atomic E-state index is 6.51. The van der Waals surface area contributed by atoms with Gasteiger partial charge in [0.2, 0.25) is 0 Å². The monoisotopic (exact) mass is 312 g/mol. The van der Waals surface area contributed by atoms with E-state index < -0.39 is 0 Å². The van der Waals surface area contributed by atoms with E-state index >= 15 is 0 Å². The Morgan fingerprint density at radius 2 is 2.00 bits per heavy atom. The number of hydrogen-bond acceptors (Lipinski definition) is 3. The van der Waals surface area contributed by atoms with E-state index in [0.717, 1.165) is 36.5 Å². The molecule has 0 bridgehead atoms. The first-order chi connectivity index (χ1) is 10.0. The van der Waals surface area contributed by atoms with Crippen molar-refractivity contribution in [2.24, 2.45) is 5.73 Å². The number of para-hydroxylation sites is 1. The molecule has 0 aliphatic carbocycles. The molecule has 3 nitrogen and oxygen atoms in total. The molecular formula is C17H29ClN2O. The fourth-order valence-corrected chi connectivity index (χ4v) is 2.74. The Morgan fingerprint density at radius 1 is 1.29 bits per heavy atom. The zero-order valence-electron chi connectivity index (χ0n) is 13.7. The van der Waals surface area contributed by atoms with E-state index in [1.807, 2.05) is 12.1 Å². The van der Waals surface area contributed by atoms with Gasteiger partial charge in [0, 0.05) is 25.7 Å². The average Bonchev–Trinajstić information content (AvgIpc) is 2.49. The summed E-state index contributed by atoms with van der Waals surface area (Å²) in [7, 11) is 1.73. The smallest absolute Gasteiger partial charge is 0.0642 e. The van der Waals surface area contributed by atoms with Gasteiger partial charge >= 0.3 is 0 Å². The third-order valence-corrected chi connectivity index (χ3v) is 4.33. The van der Waals surface area contributed by atoms with Gasteiger partial charge in [-0.15, -0.1) is 0 Å². The Labute approximate surface area is 134 Å². The number of rotatable bonds is 9. The van der Waals surface area contributed by atoms with Crippen molar-refractivity contribution in [1.82, 2.24) is 0 Å². The molecule has 0 radical (unpaired) electrons. The van der Waals surface area contributed by atoms with Crippen LogP contribution in [0.1, 0.15) is 39.2 Å². The molecule has 0 spiro atoms. The van der Waals surface area contributed by atoms with Crippen LogP contribution in [0.5, 0.6) is 0 Å². The molecule has 0 amide bonds. The predicted molar refractivity (Wildman–Crippen MR) is 92.4 cm³/mol. The molecule has 1 aromatic carbocycles. The minimum Gasteiger partial charge on any atom is -0.383 e. The second kappa shape index (κ2) is 9.29. The van der Waals surface area contributed by atoms with Crippen LogP contribution in [0.4, 0.5) is 5.69 Å². The Balaban J connectivity index is 3.15. The van der Waals surface area contributed by atoms with E-state index in [1.165, 1.54) is 5.56 Å². The van der Waals surface area contributed by atoms with E-state index in [0.29, 0.717) is 12.6 Å². The van der Waals surface area contributed by atoms with Crippen molar-refractivity contribution in [3.8, 4) is 0 Å². The van der Waals surface area contributed by atoms with Crippen LogP contribution in [0.3, 0.4) is 0 Å². The molecule has 1 rings (SSSR count). The van der Waals surface area contributed by atoms with Crippen molar-refractivity contribution in [3.63, 3.8) is 0 Å². The number of nitrogens with two attached hydrogens (primary N) is 1. The van der Waals surface area contributed by atoms with Crippen molar-refractivity contribution < 1.29 is 4.74 Å². The highest BCUT2D eigenvalue weighted by Gasteiger charge is 2.20. The van der Waals surface area contributed by atoms with Crippen LogP contribution >= 0.6 is 11.6 Å². The number of anilines is 1. The quantitative estimate of drug-likeness (QED) is 0.752. The largest absolute Gasteiger partial charge is 0.383 e. The minimum absolute atomic E-state index is 0.170. The molecule has 1 aromatic rings. The lowest BCUT2D eigenvalue weighted by Crippen LogP contribution is -2.37. The van der Waals surface area contributed by atoms with Gasteiger partial charge in [0.1, 0.15) is 0 Å². The summed E-state index contributed by atoms with van der Waals surface area (Å²) in [4.78, 5) is 2.35. The summed E-state index contributed by atoms with van der Waals surface area (Å²) in [5.74, 6) is 0. The number of hydrogen-bond donors (Lipinski definition) is 1. The van der Waals surface area contributed by atoms with Gasteiger partial charge in [-0.05, 0) is 37.8 Å². The summed E-state index contributed by atoms with van der Waals surface area (Å²) >= 11 is 6.51. The molecule has 21 heavy (non-hydrogen) atoms. The summed E-state index contributed by atoms with van der Waals surface area (Å²) in [5.41, 5.74) is 8.50. The van der Waals surface area contributed by atoms with Gasteiger partial charge in [-0.2, -0.15) is 0 Å². The van der Waals surface area contributed by atoms with Crippen LogP contribution in [-0.2, 0) is 11.2 Å². The number of benzene rings is 1. The summed E-state index contributed by atoms with van der Waals surface area (Å²) in [5, 5.41) is 0.798. The first-order valence-corrected chi connectivity index (χ1v) is 8.21. The lowest BCUT2D eigenvalue weighted by Gasteiger charge is -2.33. The maximum atomic E-state index is 6.51. The molecule has 0 heterocycles. The number of nitrogens with zero attached hydrogens (tertiary/aromatic N) is 1. The zero-order valence-corrected chi connectivity index (χ0v) is 14.5. The topological polar surface area (TPSA) is 38.5 Å². The van der Waals surface area contributed by atoms with Crippen LogP contribution in [-0.4, -0.2) is 32.3 Å². The Bertz CT molecular complexity index is 425. The second-order valence-corrected chi connectivity index (χ2v) is 5.97. The molecule has 0 aliphatic heterocycles. The van der Waals surface area contributed by atoms with Crippen molar-refractivity contribution >= 4 is 17.3 Å². The van der Waals surface area contributed by atoms with Crippen LogP contribution in [0.25, 0.3) is 0 Å². The van der Waals surface area contributed by atoms with Crippen LogP contribution < -0.4 is 10.6 Å². The third-order valence-electron chi connectivity index (χ3n) is 4.02. The normalized spacial score (nSPS) is 14.0. The highest BCUT2D eigenvalue weighted by atomic mass is 35.5. The van der Waals surface area contributed by atoms with Gasteiger partial charge in [-0.25, -0.2) is 0 Å². The fourth-order valence-electron chi connectivity index (χ4n) is 2.44. The van der Waals surface area contributed by atoms with Gasteiger partial charge in [0.15, 0.2) is 0 Å². The Kier molecular flexibility index (Phi) is 8.09. The van der Waals surface area contributed by atoms with E-state index in [2.05, 4.69) is 31.7 Å². The molecule has 2 N–H and O–H groups in total. The van der Waals surface area contributed by atoms with Crippen molar-refractivity contribution in [1.29, 1.82) is 0 Å². The summed E-state index contributed by atoms with van der Waals surface area (Å²) in [6.45, 7) is 8.06. The Hall–Kier alpha value is -0.770. The summed E-state index contributed by atoms with van der Waals surface area (Å²) < 4.78 is 5.26. The van der Waals surface area contributed by atoms with Crippen molar-refractivity contribution in [2.45, 2.75) is 52.1 Å². The standard InChI is InChI=1S/C17H29ClN2O/c1-5-13(3)20(10-11-21-4)17-14(12-15(19)6-2)8-7-9-16(17)18/h7-9,13,15H,5-6,10-12,19H2,1-4H3. The molecule has 2 atom stereocenters. The van der Waals surface area contributed by atoms with Gasteiger partial charge in [-0.1, -0.05) is 37.6 Å². The Morgan fingerprint density at radius 3 is 2.57 bits per heavy atom. The van der Waals surface area contributed by atoms with E-state index in [4.69, 9.17) is 22.1 Å². The highest BCUT2D eigenvalue weighted by Crippen LogP contribution is 2.32. The molecule has 4 heteroatoms. The number of ether oxygens (including phenoxy) is 1. The molecule has 120 valence electrons. The maximum Gasteiger partial charge on any atom is 0.0642 e. The molecule has 0 aliphatic rings. The van der Waals surface area contributed by atoms with Crippen LogP contribution in [0, 0.1) is 0 Å².